The first-order chi connectivity index (χ1) is 7.16. The Balaban J connectivity index is 2.12. The molecule has 0 saturated carbocycles. The van der Waals surface area contributed by atoms with Crippen LogP contribution < -0.4 is 4.90 Å². The van der Waals surface area contributed by atoms with Gasteiger partial charge in [-0.3, -0.25) is 0 Å². The van der Waals surface area contributed by atoms with E-state index in [1.54, 1.807) is 6.20 Å². The molecular formula is C10H14ClN3O. The van der Waals surface area contributed by atoms with Gasteiger partial charge in [-0.05, 0) is 30.0 Å². The van der Waals surface area contributed by atoms with Gasteiger partial charge in [-0.2, -0.15) is 0 Å². The minimum Gasteiger partial charge on any atom is -0.393 e. The largest absolute Gasteiger partial charge is 0.393 e. The zero-order valence-electron chi connectivity index (χ0n) is 8.60. The van der Waals surface area contributed by atoms with E-state index in [9.17, 15) is 5.11 Å². The quantitative estimate of drug-likeness (QED) is 0.736. The molecule has 2 heterocycles. The van der Waals surface area contributed by atoms with Crippen LogP contribution in [0.1, 0.15) is 13.3 Å². The second-order valence-electron chi connectivity index (χ2n) is 3.96. The third-order valence-corrected chi connectivity index (χ3v) is 2.98. The molecule has 0 radical (unpaired) electrons. The predicted molar refractivity (Wildman–Crippen MR) is 59.0 cm³/mol. The Labute approximate surface area is 93.9 Å². The number of hydrogen-bond donors (Lipinski definition) is 1. The van der Waals surface area contributed by atoms with Crippen molar-refractivity contribution in [3.63, 3.8) is 0 Å². The lowest BCUT2D eigenvalue weighted by atomic mass is 9.97. The number of halogens is 1. The number of rotatable bonds is 1. The fourth-order valence-corrected chi connectivity index (χ4v) is 1.99. The van der Waals surface area contributed by atoms with Crippen molar-refractivity contribution in [3.8, 4) is 0 Å². The SMILES string of the molecule is CC1CN(c2ccnc(Cl)n2)CCC1O. The van der Waals surface area contributed by atoms with Crippen LogP contribution in [-0.2, 0) is 0 Å². The number of aliphatic hydroxyl groups excluding tert-OH is 1. The molecule has 82 valence electrons. The molecule has 0 aliphatic carbocycles. The molecule has 2 rings (SSSR count). The van der Waals surface area contributed by atoms with Crippen molar-refractivity contribution in [2.45, 2.75) is 19.4 Å². The summed E-state index contributed by atoms with van der Waals surface area (Å²) >= 11 is 5.73. The summed E-state index contributed by atoms with van der Waals surface area (Å²) in [5, 5.41) is 9.88. The van der Waals surface area contributed by atoms with E-state index in [4.69, 9.17) is 11.6 Å². The van der Waals surface area contributed by atoms with Gasteiger partial charge in [-0.25, -0.2) is 9.97 Å². The highest BCUT2D eigenvalue weighted by Crippen LogP contribution is 2.21. The van der Waals surface area contributed by atoms with Crippen LogP contribution in [-0.4, -0.2) is 34.3 Å². The third kappa shape index (κ3) is 2.38. The van der Waals surface area contributed by atoms with Gasteiger partial charge < -0.3 is 10.0 Å². The Morgan fingerprint density at radius 3 is 3.07 bits per heavy atom. The third-order valence-electron chi connectivity index (χ3n) is 2.80. The molecule has 1 aromatic rings. The molecule has 15 heavy (non-hydrogen) atoms. The van der Waals surface area contributed by atoms with Gasteiger partial charge in [0.2, 0.25) is 5.28 Å². The van der Waals surface area contributed by atoms with Crippen molar-refractivity contribution in [1.82, 2.24) is 9.97 Å². The second kappa shape index (κ2) is 4.33. The Kier molecular flexibility index (Phi) is 3.07. The molecule has 0 aromatic carbocycles. The van der Waals surface area contributed by atoms with Gasteiger partial charge in [-0.15, -0.1) is 0 Å². The van der Waals surface area contributed by atoms with E-state index in [0.717, 1.165) is 25.3 Å². The van der Waals surface area contributed by atoms with Gasteiger partial charge in [0.25, 0.3) is 0 Å². The molecule has 1 aliphatic rings. The topological polar surface area (TPSA) is 49.2 Å². The van der Waals surface area contributed by atoms with Crippen LogP contribution in [0.4, 0.5) is 5.82 Å². The van der Waals surface area contributed by atoms with Gasteiger partial charge in [-0.1, -0.05) is 6.92 Å². The monoisotopic (exact) mass is 227 g/mol. The zero-order chi connectivity index (χ0) is 10.8. The minimum atomic E-state index is -0.196. The highest BCUT2D eigenvalue weighted by Gasteiger charge is 2.24. The molecule has 1 aromatic heterocycles. The molecule has 2 atom stereocenters. The lowest BCUT2D eigenvalue weighted by molar-refractivity contribution is 0.0969. The molecule has 4 nitrogen and oxygen atoms in total. The van der Waals surface area contributed by atoms with Crippen LogP contribution in [0.25, 0.3) is 0 Å². The minimum absolute atomic E-state index is 0.196. The van der Waals surface area contributed by atoms with Crippen LogP contribution in [0, 0.1) is 5.92 Å². The average molecular weight is 228 g/mol. The van der Waals surface area contributed by atoms with E-state index < -0.39 is 0 Å². The van der Waals surface area contributed by atoms with E-state index in [0.29, 0.717) is 0 Å². The van der Waals surface area contributed by atoms with Gasteiger partial charge in [0.1, 0.15) is 5.82 Å². The molecule has 0 amide bonds. The van der Waals surface area contributed by atoms with Gasteiger partial charge in [0.05, 0.1) is 6.10 Å². The van der Waals surface area contributed by atoms with Crippen LogP contribution in [0.15, 0.2) is 12.3 Å². The molecule has 0 spiro atoms. The smallest absolute Gasteiger partial charge is 0.224 e. The Morgan fingerprint density at radius 2 is 2.40 bits per heavy atom. The fraction of sp³-hybridized carbons (Fsp3) is 0.600. The summed E-state index contributed by atoms with van der Waals surface area (Å²) in [5.41, 5.74) is 0. The number of hydrogen-bond acceptors (Lipinski definition) is 4. The lowest BCUT2D eigenvalue weighted by Crippen LogP contribution is -2.42. The Hall–Kier alpha value is -0.870. The Bertz CT molecular complexity index is 347. The summed E-state index contributed by atoms with van der Waals surface area (Å²) in [6.07, 6.45) is 2.24. The van der Waals surface area contributed by atoms with E-state index in [1.807, 2.05) is 13.0 Å². The van der Waals surface area contributed by atoms with Crippen molar-refractivity contribution >= 4 is 17.4 Å². The fourth-order valence-electron chi connectivity index (χ4n) is 1.84. The second-order valence-corrected chi connectivity index (χ2v) is 4.30. The van der Waals surface area contributed by atoms with Crippen molar-refractivity contribution in [2.24, 2.45) is 5.92 Å². The summed E-state index contributed by atoms with van der Waals surface area (Å²) in [7, 11) is 0. The summed E-state index contributed by atoms with van der Waals surface area (Å²) < 4.78 is 0. The molecule has 1 saturated heterocycles. The molecular weight excluding hydrogens is 214 g/mol. The number of piperidine rings is 1. The molecule has 1 N–H and O–H groups in total. The summed E-state index contributed by atoms with van der Waals surface area (Å²) in [6, 6.07) is 1.84. The predicted octanol–water partition coefficient (Wildman–Crippen LogP) is 1.34. The van der Waals surface area contributed by atoms with Gasteiger partial charge in [0.15, 0.2) is 0 Å². The highest BCUT2D eigenvalue weighted by molar-refractivity contribution is 6.28. The molecule has 2 unspecified atom stereocenters. The van der Waals surface area contributed by atoms with E-state index in [1.165, 1.54) is 0 Å². The van der Waals surface area contributed by atoms with Crippen molar-refractivity contribution in [2.75, 3.05) is 18.0 Å². The maximum absolute atomic E-state index is 9.61. The Morgan fingerprint density at radius 1 is 1.60 bits per heavy atom. The van der Waals surface area contributed by atoms with Crippen LogP contribution in [0.2, 0.25) is 5.28 Å². The first kappa shape index (κ1) is 10.6. The highest BCUT2D eigenvalue weighted by atomic mass is 35.5. The first-order valence-corrected chi connectivity index (χ1v) is 5.46. The van der Waals surface area contributed by atoms with Gasteiger partial charge in [0, 0.05) is 19.3 Å². The summed E-state index contributed by atoms with van der Waals surface area (Å²) in [4.78, 5) is 10.1. The van der Waals surface area contributed by atoms with Crippen molar-refractivity contribution in [3.05, 3.63) is 17.5 Å². The lowest BCUT2D eigenvalue weighted by Gasteiger charge is -2.35. The molecule has 1 aliphatic heterocycles. The number of anilines is 1. The average Bonchev–Trinajstić information content (AvgIpc) is 2.22. The number of aromatic nitrogens is 2. The summed E-state index contributed by atoms with van der Waals surface area (Å²) in [5.74, 6) is 1.11. The van der Waals surface area contributed by atoms with E-state index >= 15 is 0 Å². The van der Waals surface area contributed by atoms with Crippen LogP contribution >= 0.6 is 11.6 Å². The van der Waals surface area contributed by atoms with Crippen LogP contribution in [0.3, 0.4) is 0 Å². The summed E-state index contributed by atoms with van der Waals surface area (Å²) in [6.45, 7) is 3.67. The standard InChI is InChI=1S/C10H14ClN3O/c1-7-6-14(5-3-8(7)15)9-2-4-12-10(11)13-9/h2,4,7-8,15H,3,5-6H2,1H3. The van der Waals surface area contributed by atoms with Crippen molar-refractivity contribution in [1.29, 1.82) is 0 Å². The number of aliphatic hydroxyl groups is 1. The van der Waals surface area contributed by atoms with E-state index in [-0.39, 0.29) is 17.3 Å². The molecule has 5 heteroatoms. The van der Waals surface area contributed by atoms with Crippen molar-refractivity contribution < 1.29 is 5.11 Å². The maximum atomic E-state index is 9.61. The van der Waals surface area contributed by atoms with Crippen LogP contribution in [0.5, 0.6) is 0 Å². The normalized spacial score (nSPS) is 26.7. The zero-order valence-corrected chi connectivity index (χ0v) is 9.35. The van der Waals surface area contributed by atoms with Gasteiger partial charge >= 0.3 is 0 Å². The first-order valence-electron chi connectivity index (χ1n) is 5.08. The maximum Gasteiger partial charge on any atom is 0.224 e. The van der Waals surface area contributed by atoms with E-state index in [2.05, 4.69) is 14.9 Å². The number of nitrogens with zero attached hydrogens (tertiary/aromatic N) is 3. The molecule has 0 bridgehead atoms. The molecule has 1 fully saturated rings.